The van der Waals surface area contributed by atoms with Gasteiger partial charge in [0.15, 0.2) is 0 Å². The van der Waals surface area contributed by atoms with E-state index in [1.807, 2.05) is 0 Å². The van der Waals surface area contributed by atoms with Gasteiger partial charge in [-0.25, -0.2) is 0 Å². The molecule has 1 saturated heterocycles. The minimum atomic E-state index is -0.0270. The molecule has 2 unspecified atom stereocenters. The number of fused-ring (bicyclic) bond motifs is 1. The second kappa shape index (κ2) is 7.77. The van der Waals surface area contributed by atoms with E-state index in [4.69, 9.17) is 4.74 Å². The van der Waals surface area contributed by atoms with Gasteiger partial charge in [-0.3, -0.25) is 14.5 Å². The van der Waals surface area contributed by atoms with Crippen LogP contribution in [0.5, 0.6) is 0 Å². The molecule has 2 amide bonds. The number of hydrogen-bond donors (Lipinski definition) is 0. The molecule has 1 aliphatic heterocycles. The first-order chi connectivity index (χ1) is 9.75. The maximum atomic E-state index is 12.2. The topological polar surface area (TPSA) is 46.6 Å². The SMILES string of the molecule is CCCCCCOCCN1C(=O)C2CCCCC2C1=O. The average molecular weight is 281 g/mol. The molecule has 0 aromatic rings. The molecule has 4 nitrogen and oxygen atoms in total. The minimum absolute atomic E-state index is 0.0270. The van der Waals surface area contributed by atoms with E-state index in [1.165, 1.54) is 24.2 Å². The van der Waals surface area contributed by atoms with Gasteiger partial charge in [0.05, 0.1) is 25.0 Å². The zero-order chi connectivity index (χ0) is 14.4. The molecular weight excluding hydrogens is 254 g/mol. The standard InChI is InChI=1S/C16H27NO3/c1-2-3-4-7-11-20-12-10-17-15(18)13-8-5-6-9-14(13)16(17)19/h13-14H,2-12H2,1H3. The normalized spacial score (nSPS) is 26.1. The zero-order valence-electron chi connectivity index (χ0n) is 12.6. The van der Waals surface area contributed by atoms with Crippen molar-refractivity contribution in [3.63, 3.8) is 0 Å². The quantitative estimate of drug-likeness (QED) is 0.507. The first-order valence-corrected chi connectivity index (χ1v) is 8.18. The van der Waals surface area contributed by atoms with Crippen LogP contribution in [0.15, 0.2) is 0 Å². The van der Waals surface area contributed by atoms with Crippen molar-refractivity contribution in [3.8, 4) is 0 Å². The predicted octanol–water partition coefficient (Wildman–Crippen LogP) is 2.76. The van der Waals surface area contributed by atoms with E-state index >= 15 is 0 Å². The summed E-state index contributed by atoms with van der Waals surface area (Å²) in [5.41, 5.74) is 0. The Morgan fingerprint density at radius 3 is 2.25 bits per heavy atom. The van der Waals surface area contributed by atoms with Gasteiger partial charge in [0.25, 0.3) is 0 Å². The summed E-state index contributed by atoms with van der Waals surface area (Å²) in [4.78, 5) is 25.9. The number of unbranched alkanes of at least 4 members (excludes halogenated alkanes) is 3. The Labute approximate surface area is 121 Å². The summed E-state index contributed by atoms with van der Waals surface area (Å²) >= 11 is 0. The van der Waals surface area contributed by atoms with Crippen LogP contribution in [0.4, 0.5) is 0 Å². The van der Waals surface area contributed by atoms with E-state index in [-0.39, 0.29) is 23.7 Å². The van der Waals surface area contributed by atoms with Crippen LogP contribution in [0.2, 0.25) is 0 Å². The maximum Gasteiger partial charge on any atom is 0.233 e. The summed E-state index contributed by atoms with van der Waals surface area (Å²) in [6, 6.07) is 0. The summed E-state index contributed by atoms with van der Waals surface area (Å²) < 4.78 is 5.55. The van der Waals surface area contributed by atoms with E-state index in [9.17, 15) is 9.59 Å². The van der Waals surface area contributed by atoms with Crippen molar-refractivity contribution in [2.45, 2.75) is 58.3 Å². The molecule has 0 bridgehead atoms. The molecule has 0 aromatic heterocycles. The first kappa shape index (κ1) is 15.5. The summed E-state index contributed by atoms with van der Waals surface area (Å²) in [5, 5.41) is 0. The van der Waals surface area contributed by atoms with E-state index in [0.29, 0.717) is 13.2 Å². The zero-order valence-corrected chi connectivity index (χ0v) is 12.6. The number of ether oxygens (including phenoxy) is 1. The lowest BCUT2D eigenvalue weighted by atomic mass is 9.81. The monoisotopic (exact) mass is 281 g/mol. The van der Waals surface area contributed by atoms with Crippen molar-refractivity contribution in [2.75, 3.05) is 19.8 Å². The second-order valence-electron chi connectivity index (χ2n) is 6.00. The van der Waals surface area contributed by atoms with Gasteiger partial charge in [-0.15, -0.1) is 0 Å². The van der Waals surface area contributed by atoms with Crippen LogP contribution in [0.1, 0.15) is 58.3 Å². The van der Waals surface area contributed by atoms with Crippen LogP contribution in [-0.4, -0.2) is 36.5 Å². The number of rotatable bonds is 8. The predicted molar refractivity (Wildman–Crippen MR) is 77.1 cm³/mol. The number of carbonyl (C=O) groups excluding carboxylic acids is 2. The summed E-state index contributed by atoms with van der Waals surface area (Å²) in [7, 11) is 0. The largest absolute Gasteiger partial charge is 0.380 e. The number of amides is 2. The van der Waals surface area contributed by atoms with Crippen molar-refractivity contribution in [3.05, 3.63) is 0 Å². The lowest BCUT2D eigenvalue weighted by Crippen LogP contribution is -2.34. The summed E-state index contributed by atoms with van der Waals surface area (Å²) in [5.74, 6) is 0.0465. The van der Waals surface area contributed by atoms with Crippen molar-refractivity contribution >= 4 is 11.8 Å². The van der Waals surface area contributed by atoms with Crippen LogP contribution < -0.4 is 0 Å². The van der Waals surface area contributed by atoms with Crippen LogP contribution in [0.25, 0.3) is 0 Å². The third-order valence-corrected chi connectivity index (χ3v) is 4.53. The number of carbonyl (C=O) groups is 2. The van der Waals surface area contributed by atoms with Gasteiger partial charge < -0.3 is 4.74 Å². The molecule has 0 radical (unpaired) electrons. The molecule has 2 rings (SSSR count). The average Bonchev–Trinajstić information content (AvgIpc) is 2.71. The Balaban J connectivity index is 1.68. The number of imide groups is 1. The molecule has 1 aliphatic carbocycles. The highest BCUT2D eigenvalue weighted by atomic mass is 16.5. The Hall–Kier alpha value is -0.900. The van der Waals surface area contributed by atoms with Gasteiger partial charge in [0.1, 0.15) is 0 Å². The molecule has 2 fully saturated rings. The third-order valence-electron chi connectivity index (χ3n) is 4.53. The van der Waals surface area contributed by atoms with Crippen molar-refractivity contribution < 1.29 is 14.3 Å². The maximum absolute atomic E-state index is 12.2. The minimum Gasteiger partial charge on any atom is -0.380 e. The Morgan fingerprint density at radius 2 is 1.65 bits per heavy atom. The molecule has 0 aromatic carbocycles. The molecule has 1 heterocycles. The molecule has 1 saturated carbocycles. The van der Waals surface area contributed by atoms with Gasteiger partial charge >= 0.3 is 0 Å². The van der Waals surface area contributed by atoms with Crippen molar-refractivity contribution in [1.82, 2.24) is 4.90 Å². The lowest BCUT2D eigenvalue weighted by molar-refractivity contribution is -0.140. The Morgan fingerprint density at radius 1 is 1.00 bits per heavy atom. The molecule has 4 heteroatoms. The highest BCUT2D eigenvalue weighted by Gasteiger charge is 2.47. The fourth-order valence-electron chi connectivity index (χ4n) is 3.34. The van der Waals surface area contributed by atoms with E-state index in [2.05, 4.69) is 6.92 Å². The Kier molecular flexibility index (Phi) is 6.02. The van der Waals surface area contributed by atoms with Crippen molar-refractivity contribution in [2.24, 2.45) is 11.8 Å². The van der Waals surface area contributed by atoms with Gasteiger partial charge in [-0.2, -0.15) is 0 Å². The first-order valence-electron chi connectivity index (χ1n) is 8.18. The summed E-state index contributed by atoms with van der Waals surface area (Å²) in [6.07, 6.45) is 8.69. The lowest BCUT2D eigenvalue weighted by Gasteiger charge is -2.19. The number of likely N-dealkylation sites (tertiary alicyclic amines) is 1. The third kappa shape index (κ3) is 3.60. The number of hydrogen-bond acceptors (Lipinski definition) is 3. The highest BCUT2D eigenvalue weighted by Crippen LogP contribution is 2.37. The van der Waals surface area contributed by atoms with Crippen LogP contribution >= 0.6 is 0 Å². The molecule has 2 aliphatic rings. The molecule has 114 valence electrons. The smallest absolute Gasteiger partial charge is 0.233 e. The van der Waals surface area contributed by atoms with Crippen molar-refractivity contribution in [1.29, 1.82) is 0 Å². The fraction of sp³-hybridized carbons (Fsp3) is 0.875. The van der Waals surface area contributed by atoms with E-state index in [0.717, 1.165) is 38.7 Å². The number of nitrogens with zero attached hydrogens (tertiary/aromatic N) is 1. The molecule has 0 spiro atoms. The van der Waals surface area contributed by atoms with Gasteiger partial charge in [-0.1, -0.05) is 39.0 Å². The van der Waals surface area contributed by atoms with Gasteiger partial charge in [0.2, 0.25) is 11.8 Å². The molecule has 0 N–H and O–H groups in total. The fourth-order valence-corrected chi connectivity index (χ4v) is 3.34. The summed E-state index contributed by atoms with van der Waals surface area (Å²) in [6.45, 7) is 3.86. The van der Waals surface area contributed by atoms with E-state index in [1.54, 1.807) is 0 Å². The Bertz CT molecular complexity index is 319. The van der Waals surface area contributed by atoms with Crippen LogP contribution in [0, 0.1) is 11.8 Å². The molecule has 20 heavy (non-hydrogen) atoms. The second-order valence-corrected chi connectivity index (χ2v) is 6.00. The van der Waals surface area contributed by atoms with Gasteiger partial charge in [-0.05, 0) is 19.3 Å². The van der Waals surface area contributed by atoms with Gasteiger partial charge in [0, 0.05) is 6.61 Å². The van der Waals surface area contributed by atoms with Crippen LogP contribution in [0.3, 0.4) is 0 Å². The van der Waals surface area contributed by atoms with Crippen LogP contribution in [-0.2, 0) is 14.3 Å². The van der Waals surface area contributed by atoms with E-state index < -0.39 is 0 Å². The molecular formula is C16H27NO3. The molecule has 2 atom stereocenters. The highest BCUT2D eigenvalue weighted by molar-refractivity contribution is 6.05.